The first-order valence-electron chi connectivity index (χ1n) is 6.02. The van der Waals surface area contributed by atoms with Crippen LogP contribution in [-0.4, -0.2) is 26.8 Å². The van der Waals surface area contributed by atoms with Gasteiger partial charge in [0.2, 0.25) is 0 Å². The zero-order chi connectivity index (χ0) is 12.1. The molecule has 2 rings (SSSR count). The first kappa shape index (κ1) is 11.8. The van der Waals surface area contributed by atoms with Gasteiger partial charge in [0.05, 0.1) is 0 Å². The van der Waals surface area contributed by atoms with Crippen LogP contribution in [0.15, 0.2) is 18.3 Å². The number of nitrogens with one attached hydrogen (secondary N) is 1. The molecule has 1 aromatic rings. The number of hydrogen-bond donors (Lipinski definition) is 2. The van der Waals surface area contributed by atoms with E-state index in [1.165, 1.54) is 0 Å². The summed E-state index contributed by atoms with van der Waals surface area (Å²) in [5.74, 6) is -0.248. The lowest BCUT2D eigenvalue weighted by molar-refractivity contribution is -0.142. The third-order valence-corrected chi connectivity index (χ3v) is 3.31. The number of hydrogen-bond acceptors (Lipinski definition) is 4. The predicted octanol–water partition coefficient (Wildman–Crippen LogP) is 2.07. The number of aliphatic carboxylic acids is 1. The summed E-state index contributed by atoms with van der Waals surface area (Å²) in [7, 11) is 0. The minimum absolute atomic E-state index is 0.539. The van der Waals surface area contributed by atoms with Crippen LogP contribution >= 0.6 is 0 Å². The first-order valence-corrected chi connectivity index (χ1v) is 6.02. The summed E-state index contributed by atoms with van der Waals surface area (Å²) < 4.78 is 0. The van der Waals surface area contributed by atoms with Gasteiger partial charge in [-0.25, -0.2) is 4.79 Å². The molecular weight excluding hydrogens is 218 g/mol. The van der Waals surface area contributed by atoms with Gasteiger partial charge in [-0.3, -0.25) is 0 Å². The van der Waals surface area contributed by atoms with Crippen molar-refractivity contribution in [3.8, 4) is 0 Å². The second kappa shape index (κ2) is 5.12. The van der Waals surface area contributed by atoms with Crippen molar-refractivity contribution < 1.29 is 9.90 Å². The molecule has 1 aliphatic rings. The third kappa shape index (κ3) is 2.72. The van der Waals surface area contributed by atoms with E-state index in [1.807, 2.05) is 0 Å². The van der Waals surface area contributed by atoms with Crippen molar-refractivity contribution in [2.24, 2.45) is 0 Å². The highest BCUT2D eigenvalue weighted by atomic mass is 16.4. The van der Waals surface area contributed by atoms with Crippen molar-refractivity contribution >= 4 is 11.8 Å². The van der Waals surface area contributed by atoms with Crippen molar-refractivity contribution in [1.82, 2.24) is 10.2 Å². The topological polar surface area (TPSA) is 75.1 Å². The molecule has 5 nitrogen and oxygen atoms in total. The Kier molecular flexibility index (Phi) is 3.56. The molecule has 0 radical (unpaired) electrons. The van der Waals surface area contributed by atoms with Crippen molar-refractivity contribution in [3.05, 3.63) is 18.3 Å². The maximum Gasteiger partial charge on any atom is 0.329 e. The maximum absolute atomic E-state index is 11.5. The van der Waals surface area contributed by atoms with E-state index in [0.717, 1.165) is 25.7 Å². The van der Waals surface area contributed by atoms with Gasteiger partial charge in [0, 0.05) is 6.20 Å². The van der Waals surface area contributed by atoms with Gasteiger partial charge in [0.15, 0.2) is 0 Å². The van der Waals surface area contributed by atoms with E-state index in [-0.39, 0.29) is 0 Å². The molecule has 0 amide bonds. The molecule has 1 aromatic heterocycles. The van der Waals surface area contributed by atoms with Crippen molar-refractivity contribution in [2.45, 2.75) is 44.1 Å². The molecule has 92 valence electrons. The maximum atomic E-state index is 11.5. The lowest BCUT2D eigenvalue weighted by atomic mass is 9.90. The van der Waals surface area contributed by atoms with Gasteiger partial charge >= 0.3 is 5.97 Å². The molecular formula is C12H17N3O2. The Bertz CT molecular complexity index is 373. The third-order valence-electron chi connectivity index (χ3n) is 3.31. The monoisotopic (exact) mass is 235 g/mol. The number of carboxylic acids is 1. The number of carbonyl (C=O) groups is 1. The fraction of sp³-hybridized carbons (Fsp3) is 0.583. The van der Waals surface area contributed by atoms with Gasteiger partial charge in [-0.15, -0.1) is 5.10 Å². The molecule has 0 aliphatic heterocycles. The Hall–Kier alpha value is -1.65. The molecule has 1 saturated carbocycles. The molecule has 5 heteroatoms. The molecule has 0 bridgehead atoms. The molecule has 17 heavy (non-hydrogen) atoms. The summed E-state index contributed by atoms with van der Waals surface area (Å²) in [6, 6.07) is 3.50. The highest BCUT2D eigenvalue weighted by Crippen LogP contribution is 2.30. The van der Waals surface area contributed by atoms with Crippen LogP contribution in [0.5, 0.6) is 0 Å². The SMILES string of the molecule is O=C(O)C1(Nc2cccnn2)CCCCCC1. The molecule has 0 aromatic carbocycles. The van der Waals surface area contributed by atoms with Gasteiger partial charge in [0.1, 0.15) is 11.4 Å². The molecule has 0 spiro atoms. The van der Waals surface area contributed by atoms with Crippen molar-refractivity contribution in [1.29, 1.82) is 0 Å². The lowest BCUT2D eigenvalue weighted by Gasteiger charge is -2.29. The van der Waals surface area contributed by atoms with Gasteiger partial charge in [0.25, 0.3) is 0 Å². The second-order valence-electron chi connectivity index (χ2n) is 4.54. The number of aromatic nitrogens is 2. The number of anilines is 1. The molecule has 1 fully saturated rings. The fourth-order valence-electron chi connectivity index (χ4n) is 2.34. The number of nitrogens with zero attached hydrogens (tertiary/aromatic N) is 2. The smallest absolute Gasteiger partial charge is 0.329 e. The summed E-state index contributed by atoms with van der Waals surface area (Å²) >= 11 is 0. The quantitative estimate of drug-likeness (QED) is 0.784. The van der Waals surface area contributed by atoms with E-state index in [4.69, 9.17) is 0 Å². The van der Waals surface area contributed by atoms with Crippen LogP contribution < -0.4 is 5.32 Å². The molecule has 2 N–H and O–H groups in total. The van der Waals surface area contributed by atoms with E-state index in [1.54, 1.807) is 18.3 Å². The Balaban J connectivity index is 2.19. The van der Waals surface area contributed by atoms with E-state index >= 15 is 0 Å². The van der Waals surface area contributed by atoms with Crippen LogP contribution in [0.1, 0.15) is 38.5 Å². The molecule has 0 unspecified atom stereocenters. The van der Waals surface area contributed by atoms with Crippen molar-refractivity contribution in [2.75, 3.05) is 5.32 Å². The van der Waals surface area contributed by atoms with Gasteiger partial charge in [-0.05, 0) is 25.0 Å². The van der Waals surface area contributed by atoms with Gasteiger partial charge in [-0.2, -0.15) is 5.10 Å². The van der Waals surface area contributed by atoms with Gasteiger partial charge < -0.3 is 10.4 Å². The Labute approximate surface area is 100 Å². The minimum atomic E-state index is -0.869. The van der Waals surface area contributed by atoms with Crippen LogP contribution in [0.2, 0.25) is 0 Å². The largest absolute Gasteiger partial charge is 0.480 e. The van der Waals surface area contributed by atoms with Crippen LogP contribution in [0.3, 0.4) is 0 Å². The zero-order valence-electron chi connectivity index (χ0n) is 9.72. The highest BCUT2D eigenvalue weighted by molar-refractivity contribution is 5.82. The minimum Gasteiger partial charge on any atom is -0.480 e. The summed E-state index contributed by atoms with van der Waals surface area (Å²) in [6.07, 6.45) is 6.98. The van der Waals surface area contributed by atoms with E-state index in [0.29, 0.717) is 18.7 Å². The highest BCUT2D eigenvalue weighted by Gasteiger charge is 2.38. The summed E-state index contributed by atoms with van der Waals surface area (Å²) in [5, 5.41) is 20.2. The predicted molar refractivity (Wildman–Crippen MR) is 63.7 cm³/mol. The van der Waals surface area contributed by atoms with Crippen molar-refractivity contribution in [3.63, 3.8) is 0 Å². The average molecular weight is 235 g/mol. The summed E-state index contributed by atoms with van der Waals surface area (Å²) in [6.45, 7) is 0. The average Bonchev–Trinajstić information content (AvgIpc) is 2.57. The van der Waals surface area contributed by atoms with Gasteiger partial charge in [-0.1, -0.05) is 25.7 Å². The second-order valence-corrected chi connectivity index (χ2v) is 4.54. The first-order chi connectivity index (χ1) is 8.23. The fourth-order valence-corrected chi connectivity index (χ4v) is 2.34. The Morgan fingerprint density at radius 3 is 2.53 bits per heavy atom. The molecule has 0 saturated heterocycles. The van der Waals surface area contributed by atoms with E-state index < -0.39 is 11.5 Å². The summed E-state index contributed by atoms with van der Waals surface area (Å²) in [5.41, 5.74) is -0.869. The van der Waals surface area contributed by atoms with Crippen LogP contribution in [0, 0.1) is 0 Å². The summed E-state index contributed by atoms with van der Waals surface area (Å²) in [4.78, 5) is 11.5. The van der Waals surface area contributed by atoms with Crippen LogP contribution in [-0.2, 0) is 4.79 Å². The van der Waals surface area contributed by atoms with E-state index in [2.05, 4.69) is 15.5 Å². The molecule has 1 aliphatic carbocycles. The zero-order valence-corrected chi connectivity index (χ0v) is 9.72. The molecule has 0 atom stereocenters. The normalized spacial score (nSPS) is 19.3. The molecule has 1 heterocycles. The number of carboxylic acid groups (broad SMARTS) is 1. The Morgan fingerprint density at radius 1 is 1.29 bits per heavy atom. The van der Waals surface area contributed by atoms with Crippen LogP contribution in [0.4, 0.5) is 5.82 Å². The Morgan fingerprint density at radius 2 is 2.00 bits per heavy atom. The van der Waals surface area contributed by atoms with Crippen LogP contribution in [0.25, 0.3) is 0 Å². The number of rotatable bonds is 3. The lowest BCUT2D eigenvalue weighted by Crippen LogP contribution is -2.46. The standard InChI is InChI=1S/C12H17N3O2/c16-11(17)12(7-3-1-2-4-8-12)14-10-6-5-9-13-15-10/h5-6,9H,1-4,7-8H2,(H,14,15)(H,16,17). The van der Waals surface area contributed by atoms with E-state index in [9.17, 15) is 9.90 Å².